The van der Waals surface area contributed by atoms with Gasteiger partial charge in [-0.2, -0.15) is 0 Å². The number of non-ortho nitro benzene ring substituents is 1. The summed E-state index contributed by atoms with van der Waals surface area (Å²) in [6.45, 7) is 1.82. The monoisotopic (exact) mass is 348 g/mol. The summed E-state index contributed by atoms with van der Waals surface area (Å²) in [4.78, 5) is 20.8. The van der Waals surface area contributed by atoms with Gasteiger partial charge in [-0.15, -0.1) is 0 Å². The van der Waals surface area contributed by atoms with E-state index in [0.717, 1.165) is 31.6 Å². The Labute approximate surface area is 143 Å². The summed E-state index contributed by atoms with van der Waals surface area (Å²) in [5, 5.41) is 14.3. The summed E-state index contributed by atoms with van der Waals surface area (Å²) in [6.07, 6.45) is 4.68. The molecule has 1 aliphatic heterocycles. The van der Waals surface area contributed by atoms with Crippen molar-refractivity contribution in [3.8, 4) is 0 Å². The lowest BCUT2D eigenvalue weighted by Gasteiger charge is -2.30. The minimum Gasteiger partial charge on any atom is -0.393 e. The number of nitrogens with two attached hydrogens (primary N) is 1. The Balaban J connectivity index is 2.00. The number of hydrogen-bond donors (Lipinski definition) is 2. The van der Waals surface area contributed by atoms with E-state index in [1.54, 1.807) is 6.07 Å². The van der Waals surface area contributed by atoms with E-state index in [0.29, 0.717) is 11.5 Å². The molecule has 0 atom stereocenters. The van der Waals surface area contributed by atoms with Crippen molar-refractivity contribution in [2.75, 3.05) is 29.0 Å². The number of hydrogen-bond acceptors (Lipinski definition) is 7. The van der Waals surface area contributed by atoms with Crippen LogP contribution in [0.1, 0.15) is 19.3 Å². The molecule has 1 aliphatic rings. The van der Waals surface area contributed by atoms with Crippen molar-refractivity contribution in [2.45, 2.75) is 19.3 Å². The molecule has 3 rings (SSSR count). The van der Waals surface area contributed by atoms with Crippen molar-refractivity contribution < 1.29 is 4.92 Å². The van der Waals surface area contributed by atoms with Crippen LogP contribution in [-0.2, 0) is 0 Å². The van der Waals surface area contributed by atoms with Crippen LogP contribution in [0.25, 0.3) is 0 Å². The number of anilines is 4. The van der Waals surface area contributed by atoms with E-state index in [9.17, 15) is 10.1 Å². The summed E-state index contributed by atoms with van der Waals surface area (Å²) in [5.74, 6) is 0.328. The van der Waals surface area contributed by atoms with Crippen LogP contribution in [-0.4, -0.2) is 28.0 Å². The van der Waals surface area contributed by atoms with Crippen molar-refractivity contribution >= 4 is 40.2 Å². The number of nitrogens with one attached hydrogen (secondary N) is 1. The molecule has 1 aromatic heterocycles. The quantitative estimate of drug-likeness (QED) is 0.495. The highest BCUT2D eigenvalue weighted by atomic mass is 35.5. The number of nitro groups is 1. The lowest BCUT2D eigenvalue weighted by Crippen LogP contribution is -2.30. The van der Waals surface area contributed by atoms with Crippen LogP contribution in [0.15, 0.2) is 24.5 Å². The summed E-state index contributed by atoms with van der Waals surface area (Å²) in [5.41, 5.74) is 7.55. The van der Waals surface area contributed by atoms with E-state index in [4.69, 9.17) is 17.3 Å². The molecule has 9 heteroatoms. The van der Waals surface area contributed by atoms with Crippen molar-refractivity contribution in [1.82, 2.24) is 9.97 Å². The Bertz CT molecular complexity index is 764. The first kappa shape index (κ1) is 16.3. The lowest BCUT2D eigenvalue weighted by atomic mass is 10.1. The van der Waals surface area contributed by atoms with Gasteiger partial charge in [-0.05, 0) is 25.3 Å². The van der Waals surface area contributed by atoms with E-state index in [-0.39, 0.29) is 16.5 Å². The van der Waals surface area contributed by atoms with Gasteiger partial charge in [0.15, 0.2) is 11.0 Å². The van der Waals surface area contributed by atoms with Gasteiger partial charge in [-0.25, -0.2) is 9.97 Å². The average molecular weight is 349 g/mol. The van der Waals surface area contributed by atoms with Crippen LogP contribution < -0.4 is 16.0 Å². The second-order valence-corrected chi connectivity index (χ2v) is 5.92. The molecule has 0 bridgehead atoms. The molecule has 0 aliphatic carbocycles. The van der Waals surface area contributed by atoms with Crippen LogP contribution in [0.2, 0.25) is 5.15 Å². The normalized spacial score (nSPS) is 14.5. The number of piperidine rings is 1. The minimum absolute atomic E-state index is 0.00279. The van der Waals surface area contributed by atoms with Gasteiger partial charge in [0.25, 0.3) is 5.69 Å². The molecule has 126 valence electrons. The Hall–Kier alpha value is -2.61. The molecule has 24 heavy (non-hydrogen) atoms. The first-order valence-corrected chi connectivity index (χ1v) is 8.00. The van der Waals surface area contributed by atoms with E-state index >= 15 is 0 Å². The number of nitro benzene ring substituents is 1. The molecule has 0 radical (unpaired) electrons. The highest BCUT2D eigenvalue weighted by Crippen LogP contribution is 2.35. The highest BCUT2D eigenvalue weighted by Gasteiger charge is 2.19. The van der Waals surface area contributed by atoms with Crippen molar-refractivity contribution in [2.24, 2.45) is 0 Å². The molecular weight excluding hydrogens is 332 g/mol. The zero-order chi connectivity index (χ0) is 17.1. The molecular formula is C15H17ClN6O2. The van der Waals surface area contributed by atoms with E-state index < -0.39 is 4.92 Å². The van der Waals surface area contributed by atoms with Crippen LogP contribution in [0.4, 0.5) is 28.6 Å². The Morgan fingerprint density at radius 2 is 2.00 bits per heavy atom. The summed E-state index contributed by atoms with van der Waals surface area (Å²) in [7, 11) is 0. The predicted molar refractivity (Wildman–Crippen MR) is 93.9 cm³/mol. The summed E-state index contributed by atoms with van der Waals surface area (Å²) < 4.78 is 0. The van der Waals surface area contributed by atoms with Gasteiger partial charge in [0.1, 0.15) is 12.0 Å². The van der Waals surface area contributed by atoms with Gasteiger partial charge >= 0.3 is 0 Å². The first-order valence-electron chi connectivity index (χ1n) is 7.62. The van der Waals surface area contributed by atoms with Gasteiger partial charge in [0.05, 0.1) is 16.3 Å². The fraction of sp³-hybridized carbons (Fsp3) is 0.333. The largest absolute Gasteiger partial charge is 0.393 e. The molecule has 1 fully saturated rings. The highest BCUT2D eigenvalue weighted by molar-refractivity contribution is 6.32. The topological polar surface area (TPSA) is 110 Å². The third-order valence-corrected chi connectivity index (χ3v) is 4.28. The van der Waals surface area contributed by atoms with Gasteiger partial charge in [0.2, 0.25) is 0 Å². The average Bonchev–Trinajstić information content (AvgIpc) is 2.59. The second kappa shape index (κ2) is 6.88. The first-order chi connectivity index (χ1) is 11.6. The standard InChI is InChI=1S/C15H17ClN6O2/c16-14-13(17)15(19-9-18-14)20-11-8-10(22(23)24)4-5-12(11)21-6-2-1-3-7-21/h4-5,8-9H,1-3,6-7,17H2,(H,18,19,20). The maximum Gasteiger partial charge on any atom is 0.271 e. The van der Waals surface area contributed by atoms with Gasteiger partial charge < -0.3 is 16.0 Å². The molecule has 0 amide bonds. The van der Waals surface area contributed by atoms with Gasteiger partial charge in [-0.1, -0.05) is 11.6 Å². The Morgan fingerprint density at radius 1 is 1.25 bits per heavy atom. The number of halogens is 1. The third kappa shape index (κ3) is 3.33. The molecule has 2 heterocycles. The molecule has 3 N–H and O–H groups in total. The smallest absolute Gasteiger partial charge is 0.271 e. The third-order valence-electron chi connectivity index (χ3n) is 3.98. The predicted octanol–water partition coefficient (Wildman–Crippen LogP) is 3.35. The van der Waals surface area contributed by atoms with Crippen molar-refractivity contribution in [3.63, 3.8) is 0 Å². The van der Waals surface area contributed by atoms with Crippen LogP contribution in [0.3, 0.4) is 0 Å². The molecule has 1 aromatic carbocycles. The Morgan fingerprint density at radius 3 is 2.71 bits per heavy atom. The fourth-order valence-electron chi connectivity index (χ4n) is 2.75. The zero-order valence-corrected chi connectivity index (χ0v) is 13.7. The number of nitrogens with zero attached hydrogens (tertiary/aromatic N) is 4. The minimum atomic E-state index is -0.429. The maximum atomic E-state index is 11.1. The second-order valence-electron chi connectivity index (χ2n) is 5.56. The van der Waals surface area contributed by atoms with Crippen LogP contribution >= 0.6 is 11.6 Å². The van der Waals surface area contributed by atoms with E-state index in [1.165, 1.54) is 24.9 Å². The summed E-state index contributed by atoms with van der Waals surface area (Å²) >= 11 is 5.92. The molecule has 8 nitrogen and oxygen atoms in total. The summed E-state index contributed by atoms with van der Waals surface area (Å²) in [6, 6.07) is 4.75. The molecule has 2 aromatic rings. The van der Waals surface area contributed by atoms with Crippen LogP contribution in [0.5, 0.6) is 0 Å². The van der Waals surface area contributed by atoms with Gasteiger partial charge in [-0.3, -0.25) is 10.1 Å². The number of rotatable bonds is 4. The van der Waals surface area contributed by atoms with Crippen molar-refractivity contribution in [3.05, 3.63) is 39.8 Å². The fourth-order valence-corrected chi connectivity index (χ4v) is 2.88. The molecule has 0 unspecified atom stereocenters. The molecule has 0 saturated carbocycles. The molecule has 1 saturated heterocycles. The van der Waals surface area contributed by atoms with Crippen LogP contribution in [0, 0.1) is 10.1 Å². The zero-order valence-electron chi connectivity index (χ0n) is 12.9. The number of benzene rings is 1. The maximum absolute atomic E-state index is 11.1. The van der Waals surface area contributed by atoms with E-state index in [1.807, 2.05) is 0 Å². The molecule has 0 spiro atoms. The number of aromatic nitrogens is 2. The van der Waals surface area contributed by atoms with Crippen molar-refractivity contribution in [1.29, 1.82) is 0 Å². The lowest BCUT2D eigenvalue weighted by molar-refractivity contribution is -0.384. The van der Waals surface area contributed by atoms with Gasteiger partial charge in [0, 0.05) is 25.2 Å². The van der Waals surface area contributed by atoms with E-state index in [2.05, 4.69) is 20.2 Å². The number of nitrogen functional groups attached to an aromatic ring is 1. The SMILES string of the molecule is Nc1c(Cl)ncnc1Nc1cc([N+](=O)[O-])ccc1N1CCCCC1. The Kier molecular flexibility index (Phi) is 4.66.